The summed E-state index contributed by atoms with van der Waals surface area (Å²) in [4.78, 5) is 12.1. The summed E-state index contributed by atoms with van der Waals surface area (Å²) in [6.45, 7) is 2.61. The lowest BCUT2D eigenvalue weighted by molar-refractivity contribution is -0.274. The number of rotatable bonds is 5. The number of urea groups is 1. The number of fused-ring (bicyclic) bond motifs is 1. The molecule has 0 saturated carbocycles. The van der Waals surface area contributed by atoms with E-state index in [1.165, 1.54) is 18.2 Å². The lowest BCUT2D eigenvalue weighted by atomic mass is 10.1. The van der Waals surface area contributed by atoms with Gasteiger partial charge in [0.25, 0.3) is 0 Å². The minimum atomic E-state index is -4.80. The second-order valence-electron chi connectivity index (χ2n) is 6.11. The van der Waals surface area contributed by atoms with Crippen molar-refractivity contribution in [1.29, 1.82) is 0 Å². The SMILES string of the molecule is CC(NC(=O)NCc1ccccc1OC(F)(F)F)c1ccc2c(c1)OCCO2. The zero-order valence-corrected chi connectivity index (χ0v) is 15.0. The van der Waals surface area contributed by atoms with Crippen LogP contribution in [0.4, 0.5) is 18.0 Å². The number of amides is 2. The van der Waals surface area contributed by atoms with Gasteiger partial charge in [0.2, 0.25) is 0 Å². The number of carbonyl (C=O) groups is 1. The highest BCUT2D eigenvalue weighted by Crippen LogP contribution is 2.32. The molecule has 6 nitrogen and oxygen atoms in total. The maximum absolute atomic E-state index is 12.5. The van der Waals surface area contributed by atoms with Crippen molar-refractivity contribution in [3.8, 4) is 17.2 Å². The van der Waals surface area contributed by atoms with Crippen molar-refractivity contribution in [2.45, 2.75) is 25.9 Å². The van der Waals surface area contributed by atoms with Gasteiger partial charge in [0.15, 0.2) is 11.5 Å². The van der Waals surface area contributed by atoms with Crippen molar-refractivity contribution in [3.63, 3.8) is 0 Å². The number of hydrogen-bond acceptors (Lipinski definition) is 4. The molecule has 3 rings (SSSR count). The van der Waals surface area contributed by atoms with E-state index in [9.17, 15) is 18.0 Å². The monoisotopic (exact) mass is 396 g/mol. The number of alkyl halides is 3. The van der Waals surface area contributed by atoms with E-state index in [4.69, 9.17) is 9.47 Å². The summed E-state index contributed by atoms with van der Waals surface area (Å²) in [6, 6.07) is 10.1. The van der Waals surface area contributed by atoms with Gasteiger partial charge in [0.1, 0.15) is 19.0 Å². The van der Waals surface area contributed by atoms with Crippen LogP contribution in [0.2, 0.25) is 0 Å². The summed E-state index contributed by atoms with van der Waals surface area (Å²) in [5.41, 5.74) is 1.02. The Morgan fingerprint density at radius 1 is 1.14 bits per heavy atom. The Morgan fingerprint density at radius 2 is 1.86 bits per heavy atom. The van der Waals surface area contributed by atoms with Gasteiger partial charge < -0.3 is 24.8 Å². The van der Waals surface area contributed by atoms with E-state index >= 15 is 0 Å². The number of hydrogen-bond donors (Lipinski definition) is 2. The first kappa shape index (κ1) is 19.7. The Labute approximate surface area is 159 Å². The van der Waals surface area contributed by atoms with E-state index in [1.54, 1.807) is 25.1 Å². The van der Waals surface area contributed by atoms with Crippen molar-refractivity contribution in [2.75, 3.05) is 13.2 Å². The van der Waals surface area contributed by atoms with Gasteiger partial charge in [-0.15, -0.1) is 13.2 Å². The van der Waals surface area contributed by atoms with Crippen molar-refractivity contribution in [3.05, 3.63) is 53.6 Å². The molecule has 1 heterocycles. The number of nitrogens with one attached hydrogen (secondary N) is 2. The number of ether oxygens (including phenoxy) is 3. The Bertz CT molecular complexity index is 842. The molecule has 9 heteroatoms. The molecule has 1 atom stereocenters. The Hall–Kier alpha value is -3.10. The number of halogens is 3. The first-order valence-corrected chi connectivity index (χ1v) is 8.59. The minimum absolute atomic E-state index is 0.119. The first-order chi connectivity index (χ1) is 13.3. The van der Waals surface area contributed by atoms with Gasteiger partial charge >= 0.3 is 12.4 Å². The third-order valence-electron chi connectivity index (χ3n) is 4.05. The van der Waals surface area contributed by atoms with Gasteiger partial charge in [-0.05, 0) is 30.7 Å². The molecule has 150 valence electrons. The van der Waals surface area contributed by atoms with Crippen LogP contribution in [0.25, 0.3) is 0 Å². The van der Waals surface area contributed by atoms with Crippen LogP contribution >= 0.6 is 0 Å². The van der Waals surface area contributed by atoms with E-state index in [1.807, 2.05) is 6.07 Å². The molecule has 2 amide bonds. The molecule has 1 aliphatic heterocycles. The van der Waals surface area contributed by atoms with Crippen molar-refractivity contribution >= 4 is 6.03 Å². The zero-order chi connectivity index (χ0) is 20.1. The summed E-state index contributed by atoms with van der Waals surface area (Å²) in [5.74, 6) is 0.902. The van der Waals surface area contributed by atoms with E-state index < -0.39 is 12.4 Å². The molecule has 0 radical (unpaired) electrons. The molecule has 0 aromatic heterocycles. The van der Waals surface area contributed by atoms with Crippen LogP contribution in [0.5, 0.6) is 17.2 Å². The van der Waals surface area contributed by atoms with Crippen LogP contribution in [0.1, 0.15) is 24.1 Å². The summed E-state index contributed by atoms with van der Waals surface area (Å²) in [6.07, 6.45) is -4.80. The fourth-order valence-electron chi connectivity index (χ4n) is 2.71. The van der Waals surface area contributed by atoms with E-state index in [0.29, 0.717) is 24.7 Å². The summed E-state index contributed by atoms with van der Waals surface area (Å²) < 4.78 is 52.3. The van der Waals surface area contributed by atoms with Crippen molar-refractivity contribution < 1.29 is 32.2 Å². The zero-order valence-electron chi connectivity index (χ0n) is 15.0. The highest BCUT2D eigenvalue weighted by molar-refractivity contribution is 5.74. The van der Waals surface area contributed by atoms with Gasteiger partial charge in [-0.3, -0.25) is 0 Å². The highest BCUT2D eigenvalue weighted by atomic mass is 19.4. The van der Waals surface area contributed by atoms with Gasteiger partial charge in [-0.2, -0.15) is 0 Å². The van der Waals surface area contributed by atoms with Crippen LogP contribution < -0.4 is 24.8 Å². The molecule has 1 aliphatic rings. The third-order valence-corrected chi connectivity index (χ3v) is 4.05. The maximum atomic E-state index is 12.5. The number of para-hydroxylation sites is 1. The average molecular weight is 396 g/mol. The molecule has 0 fully saturated rings. The summed E-state index contributed by atoms with van der Waals surface area (Å²) >= 11 is 0. The van der Waals surface area contributed by atoms with Crippen LogP contribution in [-0.4, -0.2) is 25.6 Å². The number of carbonyl (C=O) groups excluding carboxylic acids is 1. The lowest BCUT2D eigenvalue weighted by Crippen LogP contribution is -2.36. The predicted octanol–water partition coefficient (Wildman–Crippen LogP) is 3.92. The van der Waals surface area contributed by atoms with Crippen LogP contribution in [0.15, 0.2) is 42.5 Å². The quantitative estimate of drug-likeness (QED) is 0.804. The second kappa shape index (κ2) is 8.28. The average Bonchev–Trinajstić information content (AvgIpc) is 2.65. The molecule has 0 aliphatic carbocycles. The molecule has 0 spiro atoms. The standard InChI is InChI=1S/C19H19F3N2O4/c1-12(13-6-7-16-17(10-13)27-9-8-26-16)24-18(25)23-11-14-4-2-3-5-15(14)28-19(20,21)22/h2-7,10,12H,8-9,11H2,1H3,(H2,23,24,25). The molecule has 0 saturated heterocycles. The lowest BCUT2D eigenvalue weighted by Gasteiger charge is -2.21. The van der Waals surface area contributed by atoms with E-state index in [0.717, 1.165) is 5.56 Å². The Morgan fingerprint density at radius 3 is 2.61 bits per heavy atom. The van der Waals surface area contributed by atoms with E-state index in [2.05, 4.69) is 15.4 Å². The molecule has 2 aromatic carbocycles. The molecular formula is C19H19F3N2O4. The molecule has 0 bridgehead atoms. The second-order valence-corrected chi connectivity index (χ2v) is 6.11. The fourth-order valence-corrected chi connectivity index (χ4v) is 2.71. The fraction of sp³-hybridized carbons (Fsp3) is 0.316. The third kappa shape index (κ3) is 5.21. The minimum Gasteiger partial charge on any atom is -0.486 e. The van der Waals surface area contributed by atoms with Gasteiger partial charge in [0.05, 0.1) is 6.04 Å². The first-order valence-electron chi connectivity index (χ1n) is 8.59. The van der Waals surface area contributed by atoms with Crippen molar-refractivity contribution in [1.82, 2.24) is 10.6 Å². The van der Waals surface area contributed by atoms with Crippen LogP contribution in [0.3, 0.4) is 0 Å². The van der Waals surface area contributed by atoms with Gasteiger partial charge in [-0.1, -0.05) is 24.3 Å². The normalized spacial score (nSPS) is 14.1. The number of benzene rings is 2. The summed E-state index contributed by atoms with van der Waals surface area (Å²) in [5, 5.41) is 5.27. The smallest absolute Gasteiger partial charge is 0.486 e. The Kier molecular flexibility index (Phi) is 5.81. The largest absolute Gasteiger partial charge is 0.573 e. The molecule has 2 aromatic rings. The van der Waals surface area contributed by atoms with Gasteiger partial charge in [-0.25, -0.2) is 4.79 Å². The predicted molar refractivity (Wildman–Crippen MR) is 94.3 cm³/mol. The van der Waals surface area contributed by atoms with Gasteiger partial charge in [0, 0.05) is 12.1 Å². The Balaban J connectivity index is 1.57. The molecule has 1 unspecified atom stereocenters. The maximum Gasteiger partial charge on any atom is 0.573 e. The highest BCUT2D eigenvalue weighted by Gasteiger charge is 2.32. The molecule has 28 heavy (non-hydrogen) atoms. The van der Waals surface area contributed by atoms with Crippen molar-refractivity contribution in [2.24, 2.45) is 0 Å². The van der Waals surface area contributed by atoms with Crippen LogP contribution in [0, 0.1) is 0 Å². The molecular weight excluding hydrogens is 377 g/mol. The summed E-state index contributed by atoms with van der Waals surface area (Å²) in [7, 11) is 0. The topological polar surface area (TPSA) is 68.8 Å². The molecule has 2 N–H and O–H groups in total. The van der Waals surface area contributed by atoms with Crippen LogP contribution in [-0.2, 0) is 6.54 Å². The van der Waals surface area contributed by atoms with E-state index in [-0.39, 0.29) is 23.9 Å².